The summed E-state index contributed by atoms with van der Waals surface area (Å²) >= 11 is 0. The van der Waals surface area contributed by atoms with Gasteiger partial charge in [-0.25, -0.2) is 0 Å². The molecular formula is C60H84N2O2. The van der Waals surface area contributed by atoms with Crippen molar-refractivity contribution >= 4 is 11.4 Å². The van der Waals surface area contributed by atoms with Crippen molar-refractivity contribution in [1.82, 2.24) is 0 Å². The minimum Gasteiger partial charge on any atom is -0.505 e. The predicted octanol–water partition coefficient (Wildman–Crippen LogP) is 14.7. The van der Waals surface area contributed by atoms with E-state index < -0.39 is 0 Å². The zero-order valence-corrected chi connectivity index (χ0v) is 41.5. The van der Waals surface area contributed by atoms with Gasteiger partial charge < -0.3 is 21.7 Å². The third kappa shape index (κ3) is 5.09. The molecule has 16 aliphatic rings. The third-order valence-corrected chi connectivity index (χ3v) is 24.2. The Kier molecular flexibility index (Phi) is 7.03. The third-order valence-electron chi connectivity index (χ3n) is 24.2. The monoisotopic (exact) mass is 865 g/mol. The van der Waals surface area contributed by atoms with Crippen LogP contribution in [0.5, 0.6) is 11.5 Å². The number of phenolic OH excluding ortho intramolecular Hbond substituents is 2. The van der Waals surface area contributed by atoms with Gasteiger partial charge in [-0.1, -0.05) is 67.5 Å². The molecule has 16 fully saturated rings. The Morgan fingerprint density at radius 2 is 0.625 bits per heavy atom. The van der Waals surface area contributed by atoms with E-state index in [9.17, 15) is 10.2 Å². The summed E-state index contributed by atoms with van der Waals surface area (Å²) in [6.07, 6.45) is 31.2. The minimum absolute atomic E-state index is 0.0385. The molecule has 8 unspecified atom stereocenters. The van der Waals surface area contributed by atoms with Crippen LogP contribution < -0.4 is 11.5 Å². The van der Waals surface area contributed by atoms with Crippen LogP contribution in [0.25, 0.3) is 0 Å². The highest BCUT2D eigenvalue weighted by molar-refractivity contribution is 5.64. The largest absolute Gasteiger partial charge is 0.505 e. The Morgan fingerprint density at radius 1 is 0.344 bits per heavy atom. The van der Waals surface area contributed by atoms with Crippen LogP contribution in [0.2, 0.25) is 0 Å². The lowest BCUT2D eigenvalue weighted by atomic mass is 9.24. The van der Waals surface area contributed by atoms with Crippen LogP contribution in [0.3, 0.4) is 0 Å². The first-order chi connectivity index (χ1) is 29.6. The summed E-state index contributed by atoms with van der Waals surface area (Å²) in [7, 11) is 0. The molecule has 346 valence electrons. The van der Waals surface area contributed by atoms with Crippen LogP contribution in [0.1, 0.15) is 232 Å². The quantitative estimate of drug-likeness (QED) is 0.178. The van der Waals surface area contributed by atoms with Crippen LogP contribution in [0.4, 0.5) is 11.4 Å². The van der Waals surface area contributed by atoms with E-state index in [1.807, 2.05) is 0 Å². The van der Waals surface area contributed by atoms with Crippen molar-refractivity contribution in [3.05, 3.63) is 46.5 Å². The van der Waals surface area contributed by atoms with Crippen molar-refractivity contribution in [3.8, 4) is 11.5 Å². The van der Waals surface area contributed by atoms with Crippen LogP contribution in [0.15, 0.2) is 24.3 Å². The molecule has 0 amide bonds. The van der Waals surface area contributed by atoms with Gasteiger partial charge in [-0.05, 0) is 254 Å². The second-order valence-electron chi connectivity index (χ2n) is 32.2. The van der Waals surface area contributed by atoms with E-state index >= 15 is 0 Å². The number of hydrogen-bond donors (Lipinski definition) is 4. The van der Waals surface area contributed by atoms with Crippen molar-refractivity contribution < 1.29 is 10.2 Å². The molecule has 2 aromatic rings. The maximum absolute atomic E-state index is 12.2. The fraction of sp³-hybridized carbons (Fsp3) is 0.800. The van der Waals surface area contributed by atoms with E-state index in [1.165, 1.54) is 176 Å². The highest BCUT2D eigenvalue weighted by atomic mass is 16.3. The summed E-state index contributed by atoms with van der Waals surface area (Å²) in [6.45, 7) is 21.2. The van der Waals surface area contributed by atoms with Crippen molar-refractivity contribution in [3.63, 3.8) is 0 Å². The van der Waals surface area contributed by atoms with Crippen LogP contribution >= 0.6 is 0 Å². The average Bonchev–Trinajstić information content (AvgIpc) is 3.07. The first-order valence-electron chi connectivity index (χ1n) is 26.9. The molecule has 0 heterocycles. The molecule has 16 aliphatic carbocycles. The smallest absolute Gasteiger partial charge is 0.142 e. The van der Waals surface area contributed by atoms with E-state index in [1.54, 1.807) is 0 Å². The number of nitrogen functional groups attached to an aromatic ring is 2. The summed E-state index contributed by atoms with van der Waals surface area (Å²) in [6, 6.07) is 9.86. The number of rotatable bonds is 5. The molecular weight excluding hydrogens is 781 g/mol. The Balaban J connectivity index is 0.899. The summed E-state index contributed by atoms with van der Waals surface area (Å²) in [5.74, 6) is 2.37. The van der Waals surface area contributed by atoms with Gasteiger partial charge in [-0.3, -0.25) is 0 Å². The maximum Gasteiger partial charge on any atom is 0.142 e. The first kappa shape index (κ1) is 40.7. The molecule has 16 bridgehead atoms. The highest BCUT2D eigenvalue weighted by Crippen LogP contribution is 2.86. The minimum atomic E-state index is 0.0385. The zero-order valence-electron chi connectivity index (χ0n) is 41.5. The van der Waals surface area contributed by atoms with Crippen molar-refractivity contribution in [2.24, 2.45) is 66.0 Å². The van der Waals surface area contributed by atoms with E-state index in [2.05, 4.69) is 79.7 Å². The van der Waals surface area contributed by atoms with Crippen LogP contribution in [0, 0.1) is 66.0 Å². The number of nitrogens with two attached hydrogens (primary N) is 2. The molecule has 8 atom stereocenters. The van der Waals surface area contributed by atoms with Crippen molar-refractivity contribution in [2.75, 3.05) is 11.5 Å². The molecule has 6 N–H and O–H groups in total. The van der Waals surface area contributed by atoms with Gasteiger partial charge in [0.25, 0.3) is 0 Å². The number of benzene rings is 2. The standard InChI is InChI=1S/C60H84N2O2/c1-47-13-37-14-48(2,19-47)24-55(17-37,23-47)41-9-39(11-43(61)45(41)63)57-27-51(5)21-52(6,28-57)32-59(31-51,35-57)60-33-53(7)22-54(8,34-60)30-58(29-53,36-60)40-10-42(46(64)44(62)12-40)56-18-38-15-49(3,25-56)20-50(4,16-38)26-56/h9-12,37-38,63-64H,13-36,61-62H2,1-8H3. The van der Waals surface area contributed by atoms with Gasteiger partial charge in [0.2, 0.25) is 0 Å². The zero-order chi connectivity index (χ0) is 44.6. The summed E-state index contributed by atoms with van der Waals surface area (Å²) in [5.41, 5.74) is 24.4. The van der Waals surface area contributed by atoms with Gasteiger partial charge >= 0.3 is 0 Å². The van der Waals surface area contributed by atoms with Crippen molar-refractivity contribution in [2.45, 2.75) is 231 Å². The SMILES string of the molecule is CC12CC3CC(C)(C1)CC(c1cc(C45CC6(C)CC(C)(C4)CC(C47CC8(C)CC(C)(CC(c9cc(N)c(O)c(C%10%11CC%12CC(C)(CC(C)(C%12)C%10)C%11)c9)(C8)C4)C7)(C6)C5)cc(N)c1O)(C3)C2. The number of hydrogen-bond acceptors (Lipinski definition) is 4. The molecule has 0 saturated heterocycles. The molecule has 18 rings (SSSR count). The molecule has 16 saturated carbocycles. The van der Waals surface area contributed by atoms with E-state index in [4.69, 9.17) is 11.5 Å². The summed E-state index contributed by atoms with van der Waals surface area (Å²) < 4.78 is 0. The number of anilines is 2. The molecule has 0 radical (unpaired) electrons. The topological polar surface area (TPSA) is 92.5 Å². The second kappa shape index (κ2) is 11.1. The molecule has 0 spiro atoms. The van der Waals surface area contributed by atoms with Gasteiger partial charge in [0.15, 0.2) is 0 Å². The molecule has 0 aliphatic heterocycles. The van der Waals surface area contributed by atoms with E-state index in [-0.39, 0.29) is 54.1 Å². The van der Waals surface area contributed by atoms with Gasteiger partial charge in [-0.2, -0.15) is 0 Å². The normalized spacial score (nSPS) is 57.6. The molecule has 0 aromatic heterocycles. The second-order valence-corrected chi connectivity index (χ2v) is 32.2. The van der Waals surface area contributed by atoms with Crippen LogP contribution in [-0.4, -0.2) is 10.2 Å². The Bertz CT molecular complexity index is 2240. The van der Waals surface area contributed by atoms with Gasteiger partial charge in [0.1, 0.15) is 11.5 Å². The lowest BCUT2D eigenvalue weighted by molar-refractivity contribution is -0.275. The van der Waals surface area contributed by atoms with Gasteiger partial charge in [-0.15, -0.1) is 0 Å². The van der Waals surface area contributed by atoms with Crippen LogP contribution in [-0.2, 0) is 21.7 Å². The molecule has 2 aromatic carbocycles. The lowest BCUT2D eigenvalue weighted by Gasteiger charge is -2.80. The summed E-state index contributed by atoms with van der Waals surface area (Å²) in [5, 5.41) is 24.4. The Labute approximate surface area is 386 Å². The fourth-order valence-electron chi connectivity index (χ4n) is 27.4. The predicted molar refractivity (Wildman–Crippen MR) is 259 cm³/mol. The molecule has 64 heavy (non-hydrogen) atoms. The molecule has 4 nitrogen and oxygen atoms in total. The number of phenols is 2. The lowest BCUT2D eigenvalue weighted by Crippen LogP contribution is -2.71. The fourth-order valence-corrected chi connectivity index (χ4v) is 27.4. The van der Waals surface area contributed by atoms with E-state index in [0.717, 1.165) is 11.8 Å². The van der Waals surface area contributed by atoms with Gasteiger partial charge in [0, 0.05) is 22.0 Å². The maximum atomic E-state index is 12.2. The van der Waals surface area contributed by atoms with Gasteiger partial charge in [0.05, 0.1) is 11.4 Å². The number of aromatic hydroxyl groups is 2. The van der Waals surface area contributed by atoms with E-state index in [0.29, 0.717) is 44.5 Å². The Morgan fingerprint density at radius 3 is 0.922 bits per heavy atom. The first-order valence-corrected chi connectivity index (χ1v) is 26.9. The van der Waals surface area contributed by atoms with Crippen molar-refractivity contribution in [1.29, 1.82) is 0 Å². The Hall–Kier alpha value is -2.36. The molecule has 4 heteroatoms. The summed E-state index contributed by atoms with van der Waals surface area (Å²) in [4.78, 5) is 0. The average molecular weight is 865 g/mol. The highest BCUT2D eigenvalue weighted by Gasteiger charge is 2.77.